The molecule has 0 aliphatic carbocycles. The van der Waals surface area contributed by atoms with Crippen LogP contribution in [0.3, 0.4) is 0 Å². The van der Waals surface area contributed by atoms with Gasteiger partial charge in [-0.3, -0.25) is 4.79 Å². The van der Waals surface area contributed by atoms with Gasteiger partial charge in [-0.15, -0.1) is 0 Å². The minimum atomic E-state index is -0.171. The number of fused-ring (bicyclic) bond motifs is 4. The molecule has 7 heteroatoms. The lowest BCUT2D eigenvalue weighted by Crippen LogP contribution is -2.03. The van der Waals surface area contributed by atoms with Crippen LogP contribution in [0, 0.1) is 0 Å². The average molecular weight is 421 g/mol. The van der Waals surface area contributed by atoms with E-state index >= 15 is 0 Å². The number of carbonyl (C=O) groups excluding carboxylic acids is 1. The number of anilines is 3. The molecule has 0 spiro atoms. The number of aromatic nitrogens is 3. The lowest BCUT2D eigenvalue weighted by atomic mass is 10.0. The molecule has 5 aromatic rings. The second-order valence-electron chi connectivity index (χ2n) is 7.59. The fraction of sp³-hybridized carbons (Fsp3) is 0.0400. The molecule has 32 heavy (non-hydrogen) atoms. The van der Waals surface area contributed by atoms with Crippen molar-refractivity contribution >= 4 is 56.7 Å². The van der Waals surface area contributed by atoms with Gasteiger partial charge in [-0.1, -0.05) is 36.4 Å². The van der Waals surface area contributed by atoms with Gasteiger partial charge in [0.1, 0.15) is 11.3 Å². The summed E-state index contributed by atoms with van der Waals surface area (Å²) in [7, 11) is 1.60. The maximum absolute atomic E-state index is 12.8. The third kappa shape index (κ3) is 2.83. The Morgan fingerprint density at radius 2 is 1.91 bits per heavy atom. The average Bonchev–Trinajstić information content (AvgIpc) is 3.51. The highest BCUT2D eigenvalue weighted by Crippen LogP contribution is 2.39. The van der Waals surface area contributed by atoms with Crippen molar-refractivity contribution in [3.05, 3.63) is 78.1 Å². The van der Waals surface area contributed by atoms with Gasteiger partial charge in [0.05, 0.1) is 29.6 Å². The molecule has 6 rings (SSSR count). The standard InChI is InChI=1S/C25H19N5O2/c1-32-21-11-12-26-20(21)13-16-22-18(27-24(16)31)9-10-19-23(22)30-25(29-19)28-17-8-4-6-14-5-2-3-7-15(14)17/h2-13,26H,1H3,(H,27,31)(H2,28,29,30)/b16-13+. The first kappa shape index (κ1) is 18.3. The number of nitrogens with one attached hydrogen (secondary N) is 4. The van der Waals surface area contributed by atoms with E-state index in [9.17, 15) is 4.79 Å². The first-order valence-corrected chi connectivity index (χ1v) is 10.2. The van der Waals surface area contributed by atoms with Crippen molar-refractivity contribution in [1.29, 1.82) is 0 Å². The zero-order valence-electron chi connectivity index (χ0n) is 17.2. The summed E-state index contributed by atoms with van der Waals surface area (Å²) in [5.41, 5.74) is 5.29. The molecule has 0 unspecified atom stereocenters. The normalized spacial score (nSPS) is 14.2. The van der Waals surface area contributed by atoms with Crippen molar-refractivity contribution in [2.75, 3.05) is 17.7 Å². The Hall–Kier alpha value is -4.52. The third-order valence-electron chi connectivity index (χ3n) is 5.71. The SMILES string of the molecule is COc1cc[nH]c1/C=C1/C(=O)Nc2ccc3[nH]c(Nc4cccc5ccccc45)nc3c21. The molecule has 3 aromatic carbocycles. The van der Waals surface area contributed by atoms with Gasteiger partial charge in [0.15, 0.2) is 0 Å². The molecule has 156 valence electrons. The summed E-state index contributed by atoms with van der Waals surface area (Å²) in [6.07, 6.45) is 3.58. The van der Waals surface area contributed by atoms with Crippen LogP contribution in [0.5, 0.6) is 5.75 Å². The highest BCUT2D eigenvalue weighted by atomic mass is 16.5. The molecule has 1 amide bonds. The molecule has 3 heterocycles. The summed E-state index contributed by atoms with van der Waals surface area (Å²) in [6.45, 7) is 0. The molecule has 0 fully saturated rings. The smallest absolute Gasteiger partial charge is 0.256 e. The second-order valence-corrected chi connectivity index (χ2v) is 7.59. The molecule has 1 aliphatic heterocycles. The van der Waals surface area contributed by atoms with E-state index in [0.717, 1.165) is 44.4 Å². The predicted octanol–water partition coefficient (Wildman–Crippen LogP) is 5.29. The largest absolute Gasteiger partial charge is 0.495 e. The molecular weight excluding hydrogens is 402 g/mol. The van der Waals surface area contributed by atoms with Crippen molar-refractivity contribution in [2.24, 2.45) is 0 Å². The number of methoxy groups -OCH3 is 1. The number of carbonyl (C=O) groups is 1. The van der Waals surface area contributed by atoms with E-state index in [1.807, 2.05) is 42.5 Å². The van der Waals surface area contributed by atoms with E-state index in [1.165, 1.54) is 0 Å². The molecule has 4 N–H and O–H groups in total. The van der Waals surface area contributed by atoms with Gasteiger partial charge in [-0.25, -0.2) is 4.98 Å². The Bertz CT molecular complexity index is 1540. The topological polar surface area (TPSA) is 94.8 Å². The number of hydrogen-bond donors (Lipinski definition) is 4. The van der Waals surface area contributed by atoms with Crippen molar-refractivity contribution in [3.8, 4) is 5.75 Å². The Morgan fingerprint density at radius 1 is 1.03 bits per heavy atom. The van der Waals surface area contributed by atoms with Crippen LogP contribution in [0.15, 0.2) is 66.9 Å². The Kier molecular flexibility index (Phi) is 4.01. The number of nitrogens with zero attached hydrogens (tertiary/aromatic N) is 1. The van der Waals surface area contributed by atoms with E-state index in [2.05, 4.69) is 38.8 Å². The maximum Gasteiger partial charge on any atom is 0.256 e. The van der Waals surface area contributed by atoms with E-state index in [-0.39, 0.29) is 5.91 Å². The number of rotatable bonds is 4. The summed E-state index contributed by atoms with van der Waals surface area (Å²) in [5.74, 6) is 1.11. The molecule has 0 bridgehead atoms. The summed E-state index contributed by atoms with van der Waals surface area (Å²) >= 11 is 0. The molecule has 7 nitrogen and oxygen atoms in total. The number of benzene rings is 3. The van der Waals surface area contributed by atoms with E-state index < -0.39 is 0 Å². The lowest BCUT2D eigenvalue weighted by Gasteiger charge is -2.07. The summed E-state index contributed by atoms with van der Waals surface area (Å²) < 4.78 is 5.37. The number of aromatic amines is 2. The third-order valence-corrected chi connectivity index (χ3v) is 5.71. The van der Waals surface area contributed by atoms with E-state index in [4.69, 9.17) is 9.72 Å². The van der Waals surface area contributed by atoms with E-state index in [0.29, 0.717) is 17.3 Å². The van der Waals surface area contributed by atoms with Crippen molar-refractivity contribution in [3.63, 3.8) is 0 Å². The number of imidazole rings is 1. The summed E-state index contributed by atoms with van der Waals surface area (Å²) in [5, 5.41) is 8.59. The van der Waals surface area contributed by atoms with Gasteiger partial charge in [-0.2, -0.15) is 0 Å². The maximum atomic E-state index is 12.8. The number of hydrogen-bond acceptors (Lipinski definition) is 4. The molecule has 1 aliphatic rings. The summed E-state index contributed by atoms with van der Waals surface area (Å²) in [4.78, 5) is 24.0. The van der Waals surface area contributed by atoms with Gasteiger partial charge in [0.2, 0.25) is 5.95 Å². The molecular formula is C25H19N5O2. The molecule has 0 radical (unpaired) electrons. The fourth-order valence-electron chi connectivity index (χ4n) is 4.22. The lowest BCUT2D eigenvalue weighted by molar-refractivity contribution is -0.110. The van der Waals surface area contributed by atoms with Crippen LogP contribution < -0.4 is 15.4 Å². The van der Waals surface area contributed by atoms with Crippen LogP contribution in [0.25, 0.3) is 33.5 Å². The van der Waals surface area contributed by atoms with Gasteiger partial charge >= 0.3 is 0 Å². The van der Waals surface area contributed by atoms with Crippen LogP contribution in [-0.4, -0.2) is 28.0 Å². The van der Waals surface area contributed by atoms with Gasteiger partial charge < -0.3 is 25.3 Å². The van der Waals surface area contributed by atoms with Crippen LogP contribution in [0.1, 0.15) is 11.3 Å². The molecule has 0 saturated heterocycles. The van der Waals surface area contributed by atoms with Crippen LogP contribution in [0.2, 0.25) is 0 Å². The van der Waals surface area contributed by atoms with Crippen LogP contribution >= 0.6 is 0 Å². The number of amides is 1. The van der Waals surface area contributed by atoms with Gasteiger partial charge in [0, 0.05) is 22.8 Å². The molecule has 0 atom stereocenters. The fourth-order valence-corrected chi connectivity index (χ4v) is 4.22. The minimum absolute atomic E-state index is 0.171. The predicted molar refractivity (Wildman–Crippen MR) is 127 cm³/mol. The monoisotopic (exact) mass is 421 g/mol. The Morgan fingerprint density at radius 3 is 2.81 bits per heavy atom. The first-order valence-electron chi connectivity index (χ1n) is 10.2. The van der Waals surface area contributed by atoms with Crippen LogP contribution in [-0.2, 0) is 4.79 Å². The van der Waals surface area contributed by atoms with E-state index in [1.54, 1.807) is 19.4 Å². The first-order chi connectivity index (χ1) is 15.7. The molecule has 2 aromatic heterocycles. The zero-order valence-corrected chi connectivity index (χ0v) is 17.2. The molecule has 0 saturated carbocycles. The zero-order chi connectivity index (χ0) is 21.7. The van der Waals surface area contributed by atoms with Gasteiger partial charge in [-0.05, 0) is 35.7 Å². The van der Waals surface area contributed by atoms with Crippen molar-refractivity contribution < 1.29 is 9.53 Å². The number of H-pyrrole nitrogens is 2. The van der Waals surface area contributed by atoms with Crippen molar-refractivity contribution in [1.82, 2.24) is 15.0 Å². The Balaban J connectivity index is 1.46. The quantitative estimate of drug-likeness (QED) is 0.297. The second kappa shape index (κ2) is 7.02. The van der Waals surface area contributed by atoms with Crippen LogP contribution in [0.4, 0.5) is 17.3 Å². The number of ether oxygens (including phenoxy) is 1. The highest BCUT2D eigenvalue weighted by Gasteiger charge is 2.28. The minimum Gasteiger partial charge on any atom is -0.495 e. The van der Waals surface area contributed by atoms with Gasteiger partial charge in [0.25, 0.3) is 5.91 Å². The highest BCUT2D eigenvalue weighted by molar-refractivity contribution is 6.37. The van der Waals surface area contributed by atoms with Crippen molar-refractivity contribution in [2.45, 2.75) is 0 Å². The Labute approximate surface area is 183 Å². The summed E-state index contributed by atoms with van der Waals surface area (Å²) in [6, 6.07) is 19.9.